The van der Waals surface area contributed by atoms with Crippen LogP contribution in [0.3, 0.4) is 0 Å². The fourth-order valence-electron chi connectivity index (χ4n) is 3.17. The highest BCUT2D eigenvalue weighted by Gasteiger charge is 2.17. The first-order chi connectivity index (χ1) is 14.9. The van der Waals surface area contributed by atoms with Crippen LogP contribution in [0.25, 0.3) is 21.3 Å². The lowest BCUT2D eigenvalue weighted by Gasteiger charge is -2.06. The number of amides is 1. The number of benzene rings is 2. The molecular weight excluding hydrogens is 455 g/mol. The molecule has 31 heavy (non-hydrogen) atoms. The number of hydrogen-bond acceptors (Lipinski definition) is 5. The summed E-state index contributed by atoms with van der Waals surface area (Å²) in [5, 5.41) is 5.34. The Bertz CT molecular complexity index is 1360. The van der Waals surface area contributed by atoms with Crippen molar-refractivity contribution in [3.8, 4) is 11.1 Å². The van der Waals surface area contributed by atoms with E-state index in [4.69, 9.17) is 23.2 Å². The molecule has 4 aromatic rings. The van der Waals surface area contributed by atoms with E-state index in [-0.39, 0.29) is 12.1 Å². The first-order valence-electron chi connectivity index (χ1n) is 9.25. The van der Waals surface area contributed by atoms with Crippen molar-refractivity contribution in [1.29, 1.82) is 0 Å². The summed E-state index contributed by atoms with van der Waals surface area (Å²) in [4.78, 5) is 31.5. The first kappa shape index (κ1) is 21.2. The molecule has 1 amide bonds. The number of hydrogen-bond donors (Lipinski definition) is 1. The molecule has 6 nitrogen and oxygen atoms in total. The third-order valence-corrected chi connectivity index (χ3v) is 6.16. The van der Waals surface area contributed by atoms with Crippen molar-refractivity contribution in [2.24, 2.45) is 5.10 Å². The molecule has 0 aliphatic carbocycles. The molecule has 0 aliphatic heterocycles. The van der Waals surface area contributed by atoms with Gasteiger partial charge in [-0.1, -0.05) is 59.6 Å². The van der Waals surface area contributed by atoms with Crippen molar-refractivity contribution in [2.45, 2.75) is 13.5 Å². The van der Waals surface area contributed by atoms with Gasteiger partial charge in [0.15, 0.2) is 0 Å². The van der Waals surface area contributed by atoms with Gasteiger partial charge in [0.25, 0.3) is 11.5 Å². The second kappa shape index (κ2) is 9.01. The Morgan fingerprint density at radius 3 is 2.74 bits per heavy atom. The lowest BCUT2D eigenvalue weighted by atomic mass is 10.0. The van der Waals surface area contributed by atoms with Gasteiger partial charge in [0.05, 0.1) is 23.0 Å². The highest BCUT2D eigenvalue weighted by molar-refractivity contribution is 7.19. The fraction of sp³-hybridized carbons (Fsp3) is 0.0909. The highest BCUT2D eigenvalue weighted by atomic mass is 35.5. The smallest absolute Gasteiger partial charge is 0.263 e. The summed E-state index contributed by atoms with van der Waals surface area (Å²) in [7, 11) is 0. The molecule has 0 radical (unpaired) electrons. The Kier molecular flexibility index (Phi) is 6.18. The van der Waals surface area contributed by atoms with E-state index in [1.165, 1.54) is 28.4 Å². The predicted octanol–water partition coefficient (Wildman–Crippen LogP) is 4.89. The predicted molar refractivity (Wildman–Crippen MR) is 126 cm³/mol. The van der Waals surface area contributed by atoms with Crippen molar-refractivity contribution in [3.05, 3.63) is 85.7 Å². The average Bonchev–Trinajstić information content (AvgIpc) is 3.09. The number of nitrogens with one attached hydrogen (secondary N) is 1. The van der Waals surface area contributed by atoms with Crippen LogP contribution in [0.1, 0.15) is 10.4 Å². The van der Waals surface area contributed by atoms with E-state index in [0.717, 1.165) is 16.0 Å². The van der Waals surface area contributed by atoms with Crippen LogP contribution in [-0.2, 0) is 11.3 Å². The Hall–Kier alpha value is -3.00. The maximum absolute atomic E-state index is 13.1. The van der Waals surface area contributed by atoms with Crippen molar-refractivity contribution >= 4 is 56.9 Å². The second-order valence-corrected chi connectivity index (χ2v) is 8.76. The molecule has 4 rings (SSSR count). The number of carbonyl (C=O) groups excluding carboxylic acids is 1. The van der Waals surface area contributed by atoms with Gasteiger partial charge in [-0.25, -0.2) is 10.4 Å². The molecule has 0 saturated carbocycles. The summed E-state index contributed by atoms with van der Waals surface area (Å²) in [6.45, 7) is 1.75. The lowest BCUT2D eigenvalue weighted by molar-refractivity contribution is -0.121. The van der Waals surface area contributed by atoms with Crippen LogP contribution in [0.5, 0.6) is 0 Å². The molecule has 2 heterocycles. The van der Waals surface area contributed by atoms with E-state index in [9.17, 15) is 9.59 Å². The number of carbonyl (C=O) groups is 1. The SMILES string of the molecule is Cc1sc2ncn(CC(=O)NN=Cc3ccc(Cl)cc3Cl)c(=O)c2c1-c1ccccc1. The zero-order valence-electron chi connectivity index (χ0n) is 16.3. The van der Waals surface area contributed by atoms with Gasteiger partial charge in [0.1, 0.15) is 11.4 Å². The maximum Gasteiger partial charge on any atom is 0.263 e. The summed E-state index contributed by atoms with van der Waals surface area (Å²) in [5.74, 6) is -0.460. The summed E-state index contributed by atoms with van der Waals surface area (Å²) >= 11 is 13.4. The van der Waals surface area contributed by atoms with Gasteiger partial charge in [-0.05, 0) is 24.6 Å². The van der Waals surface area contributed by atoms with Crippen molar-refractivity contribution in [3.63, 3.8) is 0 Å². The number of aryl methyl sites for hydroxylation is 1. The molecule has 156 valence electrons. The van der Waals surface area contributed by atoms with Crippen LogP contribution in [0, 0.1) is 6.92 Å². The minimum atomic E-state index is -0.460. The van der Waals surface area contributed by atoms with Gasteiger partial charge in [0.2, 0.25) is 0 Å². The molecule has 0 saturated heterocycles. The van der Waals surface area contributed by atoms with E-state index in [0.29, 0.717) is 25.8 Å². The Morgan fingerprint density at radius 1 is 1.23 bits per heavy atom. The number of rotatable bonds is 5. The molecule has 0 spiro atoms. The molecule has 0 fully saturated rings. The standard InChI is InChI=1S/C22H16Cl2N4O2S/c1-13-19(14-5-3-2-4-6-14)20-21(31-13)25-12-28(22(20)30)11-18(29)27-26-10-15-7-8-16(23)9-17(15)24/h2-10,12H,11H2,1H3,(H,27,29). The molecule has 2 aromatic carbocycles. The van der Waals surface area contributed by atoms with Crippen LogP contribution in [-0.4, -0.2) is 21.7 Å². The minimum absolute atomic E-state index is 0.212. The monoisotopic (exact) mass is 470 g/mol. The Morgan fingerprint density at radius 2 is 2.00 bits per heavy atom. The molecular formula is C22H16Cl2N4O2S. The van der Waals surface area contributed by atoms with Crippen molar-refractivity contribution in [2.75, 3.05) is 0 Å². The van der Waals surface area contributed by atoms with E-state index < -0.39 is 5.91 Å². The zero-order valence-corrected chi connectivity index (χ0v) is 18.6. The van der Waals surface area contributed by atoms with E-state index >= 15 is 0 Å². The summed E-state index contributed by atoms with van der Waals surface area (Å²) in [6.07, 6.45) is 2.80. The molecule has 1 N–H and O–H groups in total. The van der Waals surface area contributed by atoms with Crippen LogP contribution >= 0.6 is 34.5 Å². The summed E-state index contributed by atoms with van der Waals surface area (Å²) in [6, 6.07) is 14.6. The van der Waals surface area contributed by atoms with Crippen molar-refractivity contribution < 1.29 is 4.79 Å². The largest absolute Gasteiger partial charge is 0.289 e. The van der Waals surface area contributed by atoms with Crippen LogP contribution in [0.15, 0.2) is 64.8 Å². The third-order valence-electron chi connectivity index (χ3n) is 4.59. The topological polar surface area (TPSA) is 76.3 Å². The number of thiophene rings is 1. The van der Waals surface area contributed by atoms with E-state index in [2.05, 4.69) is 15.5 Å². The van der Waals surface area contributed by atoms with Crippen LogP contribution in [0.4, 0.5) is 0 Å². The summed E-state index contributed by atoms with van der Waals surface area (Å²) in [5.41, 5.74) is 4.53. The quantitative estimate of drug-likeness (QED) is 0.333. The number of halogens is 2. The number of hydrazone groups is 1. The summed E-state index contributed by atoms with van der Waals surface area (Å²) < 4.78 is 1.28. The first-order valence-corrected chi connectivity index (χ1v) is 10.8. The zero-order chi connectivity index (χ0) is 22.0. The molecule has 0 unspecified atom stereocenters. The van der Waals surface area contributed by atoms with Crippen molar-refractivity contribution in [1.82, 2.24) is 15.0 Å². The van der Waals surface area contributed by atoms with Gasteiger partial charge < -0.3 is 0 Å². The third kappa shape index (κ3) is 4.54. The molecule has 0 aliphatic rings. The molecule has 2 aromatic heterocycles. The van der Waals surface area contributed by atoms with Crippen LogP contribution in [0.2, 0.25) is 10.0 Å². The Balaban J connectivity index is 1.57. The molecule has 0 bridgehead atoms. The second-order valence-electron chi connectivity index (χ2n) is 6.72. The fourth-order valence-corrected chi connectivity index (χ4v) is 4.63. The van der Waals surface area contributed by atoms with Gasteiger partial charge in [-0.2, -0.15) is 5.10 Å². The molecule has 0 atom stereocenters. The van der Waals surface area contributed by atoms with E-state index in [1.807, 2.05) is 37.3 Å². The number of fused-ring (bicyclic) bond motifs is 1. The Labute approximate surface area is 191 Å². The van der Waals surface area contributed by atoms with Gasteiger partial charge in [-0.15, -0.1) is 11.3 Å². The van der Waals surface area contributed by atoms with E-state index in [1.54, 1.807) is 18.2 Å². The van der Waals surface area contributed by atoms with Crippen LogP contribution < -0.4 is 11.0 Å². The highest BCUT2D eigenvalue weighted by Crippen LogP contribution is 2.35. The number of aromatic nitrogens is 2. The minimum Gasteiger partial charge on any atom is -0.289 e. The molecule has 9 heteroatoms. The average molecular weight is 471 g/mol. The maximum atomic E-state index is 13.1. The van der Waals surface area contributed by atoms with Gasteiger partial charge in [0, 0.05) is 21.0 Å². The normalized spacial score (nSPS) is 11.3. The lowest BCUT2D eigenvalue weighted by Crippen LogP contribution is -2.30. The van der Waals surface area contributed by atoms with Gasteiger partial charge in [-0.3, -0.25) is 14.2 Å². The van der Waals surface area contributed by atoms with Gasteiger partial charge >= 0.3 is 0 Å². The number of nitrogens with zero attached hydrogens (tertiary/aromatic N) is 3.